The predicted octanol–water partition coefficient (Wildman–Crippen LogP) is 5.88. The van der Waals surface area contributed by atoms with Crippen LogP contribution in [0.5, 0.6) is 0 Å². The monoisotopic (exact) mass is 433 g/mol. The van der Waals surface area contributed by atoms with Crippen molar-refractivity contribution >= 4 is 29.5 Å². The van der Waals surface area contributed by atoms with Gasteiger partial charge in [-0.15, -0.1) is 0 Å². The molecular formula is C24H24N3O3P. The molecule has 0 radical (unpaired) electrons. The fourth-order valence-electron chi connectivity index (χ4n) is 3.82. The third kappa shape index (κ3) is 4.40. The van der Waals surface area contributed by atoms with Crippen LogP contribution in [0.15, 0.2) is 60.7 Å². The lowest BCUT2D eigenvalue weighted by molar-refractivity contribution is 0.219. The molecule has 31 heavy (non-hydrogen) atoms. The van der Waals surface area contributed by atoms with Gasteiger partial charge in [0.05, 0.1) is 35.9 Å². The number of pyridine rings is 1. The Balaban J connectivity index is 1.65. The molecule has 0 aliphatic heterocycles. The van der Waals surface area contributed by atoms with Gasteiger partial charge in [-0.1, -0.05) is 42.5 Å². The fourth-order valence-corrected chi connectivity index (χ4v) is 5.52. The lowest BCUT2D eigenvalue weighted by atomic mass is 10.1. The van der Waals surface area contributed by atoms with E-state index in [2.05, 4.69) is 21.7 Å². The molecule has 4 rings (SSSR count). The summed E-state index contributed by atoms with van der Waals surface area (Å²) < 4.78 is 25.8. The van der Waals surface area contributed by atoms with E-state index >= 15 is 0 Å². The Morgan fingerprint density at radius 1 is 0.935 bits per heavy atom. The Labute approximate surface area is 181 Å². The Hall–Kier alpha value is -2.97. The van der Waals surface area contributed by atoms with Gasteiger partial charge < -0.3 is 13.6 Å². The average molecular weight is 433 g/mol. The van der Waals surface area contributed by atoms with Crippen molar-refractivity contribution in [2.45, 2.75) is 26.6 Å². The first-order valence-electron chi connectivity index (χ1n) is 10.3. The minimum Gasteiger partial charge on any atom is -0.335 e. The van der Waals surface area contributed by atoms with Gasteiger partial charge in [-0.2, -0.15) is 5.26 Å². The van der Waals surface area contributed by atoms with Gasteiger partial charge in [0, 0.05) is 11.9 Å². The van der Waals surface area contributed by atoms with Gasteiger partial charge in [-0.05, 0) is 43.2 Å². The van der Waals surface area contributed by atoms with Crippen molar-refractivity contribution in [2.24, 2.45) is 0 Å². The standard InChI is InChI=1S/C24H24N3O3P/c1-3-29-31(28,30-4-2)17-19-11-9-18(10-12-19)16-27-22-8-6-5-7-21(22)24-23(27)14-13-20(15-25)26-24/h5-14H,3-4,16-17H2,1-2H3. The summed E-state index contributed by atoms with van der Waals surface area (Å²) in [5.41, 5.74) is 5.33. The van der Waals surface area contributed by atoms with Crippen molar-refractivity contribution < 1.29 is 13.6 Å². The molecule has 6 nitrogen and oxygen atoms in total. The highest BCUT2D eigenvalue weighted by molar-refractivity contribution is 7.53. The van der Waals surface area contributed by atoms with Gasteiger partial charge in [0.2, 0.25) is 0 Å². The maximum absolute atomic E-state index is 12.8. The number of nitrogens with zero attached hydrogens (tertiary/aromatic N) is 3. The minimum absolute atomic E-state index is 0.255. The van der Waals surface area contributed by atoms with Crippen LogP contribution in [0.3, 0.4) is 0 Å². The van der Waals surface area contributed by atoms with Gasteiger partial charge in [0.25, 0.3) is 0 Å². The van der Waals surface area contributed by atoms with Crippen LogP contribution in [0.4, 0.5) is 0 Å². The van der Waals surface area contributed by atoms with Crippen LogP contribution in [-0.2, 0) is 26.3 Å². The second-order valence-electron chi connectivity index (χ2n) is 7.20. The van der Waals surface area contributed by atoms with E-state index in [0.29, 0.717) is 25.5 Å². The van der Waals surface area contributed by atoms with E-state index < -0.39 is 7.60 Å². The highest BCUT2D eigenvalue weighted by atomic mass is 31.2. The number of nitriles is 1. The minimum atomic E-state index is -3.13. The molecule has 0 amide bonds. The molecule has 2 aromatic carbocycles. The van der Waals surface area contributed by atoms with Crippen molar-refractivity contribution in [3.8, 4) is 6.07 Å². The van der Waals surface area contributed by atoms with Crippen LogP contribution >= 0.6 is 7.60 Å². The fraction of sp³-hybridized carbons (Fsp3) is 0.250. The van der Waals surface area contributed by atoms with Crippen molar-refractivity contribution in [1.29, 1.82) is 5.26 Å². The number of hydrogen-bond donors (Lipinski definition) is 0. The number of para-hydroxylation sites is 1. The molecule has 0 aliphatic carbocycles. The summed E-state index contributed by atoms with van der Waals surface area (Å²) in [5.74, 6) is 0. The highest BCUT2D eigenvalue weighted by Crippen LogP contribution is 2.51. The van der Waals surface area contributed by atoms with Crippen LogP contribution in [0.2, 0.25) is 0 Å². The highest BCUT2D eigenvalue weighted by Gasteiger charge is 2.24. The molecule has 0 aliphatic rings. The smallest absolute Gasteiger partial charge is 0.335 e. The summed E-state index contributed by atoms with van der Waals surface area (Å²) >= 11 is 0. The zero-order valence-corrected chi connectivity index (χ0v) is 18.5. The molecule has 2 aromatic heterocycles. The molecule has 0 unspecified atom stereocenters. The van der Waals surface area contributed by atoms with Crippen LogP contribution < -0.4 is 0 Å². The van der Waals surface area contributed by atoms with E-state index in [1.54, 1.807) is 6.07 Å². The molecule has 158 valence electrons. The van der Waals surface area contributed by atoms with Crippen LogP contribution in [0.25, 0.3) is 21.9 Å². The zero-order valence-electron chi connectivity index (χ0n) is 17.6. The molecule has 0 spiro atoms. The van der Waals surface area contributed by atoms with Crippen molar-refractivity contribution in [3.63, 3.8) is 0 Å². The molecule has 4 aromatic rings. The van der Waals surface area contributed by atoms with E-state index in [9.17, 15) is 9.83 Å². The third-order valence-corrected chi connectivity index (χ3v) is 7.18. The first kappa shape index (κ1) is 21.3. The Bertz CT molecular complexity index is 1300. The zero-order chi connectivity index (χ0) is 21.8. The van der Waals surface area contributed by atoms with Gasteiger partial charge in [-0.25, -0.2) is 4.98 Å². The number of aromatic nitrogens is 2. The molecule has 2 heterocycles. The van der Waals surface area contributed by atoms with E-state index in [0.717, 1.165) is 33.1 Å². The number of hydrogen-bond acceptors (Lipinski definition) is 5. The predicted molar refractivity (Wildman–Crippen MR) is 122 cm³/mol. The quantitative estimate of drug-likeness (QED) is 0.325. The van der Waals surface area contributed by atoms with Gasteiger partial charge in [0.15, 0.2) is 0 Å². The summed E-state index contributed by atoms with van der Waals surface area (Å²) in [5, 5.41) is 10.3. The molecule has 0 bridgehead atoms. The molecule has 0 saturated heterocycles. The molecule has 0 atom stereocenters. The summed E-state index contributed by atoms with van der Waals surface area (Å²) in [4.78, 5) is 4.53. The molecule has 0 N–H and O–H groups in total. The van der Waals surface area contributed by atoms with Crippen LogP contribution in [0, 0.1) is 11.3 Å². The second-order valence-corrected chi connectivity index (χ2v) is 9.25. The Kier molecular flexibility index (Phi) is 6.20. The van der Waals surface area contributed by atoms with Gasteiger partial charge in [-0.3, -0.25) is 4.57 Å². The summed E-state index contributed by atoms with van der Waals surface area (Å²) in [7, 11) is -3.13. The Morgan fingerprint density at radius 3 is 2.29 bits per heavy atom. The summed E-state index contributed by atoms with van der Waals surface area (Å²) in [6.45, 7) is 4.99. The van der Waals surface area contributed by atoms with Crippen molar-refractivity contribution in [2.75, 3.05) is 13.2 Å². The second kappa shape index (κ2) is 9.03. The topological polar surface area (TPSA) is 77.1 Å². The average Bonchev–Trinajstić information content (AvgIpc) is 3.08. The van der Waals surface area contributed by atoms with E-state index in [4.69, 9.17) is 9.05 Å². The first-order valence-corrected chi connectivity index (χ1v) is 12.0. The van der Waals surface area contributed by atoms with Gasteiger partial charge >= 0.3 is 7.60 Å². The third-order valence-electron chi connectivity index (χ3n) is 5.12. The van der Waals surface area contributed by atoms with E-state index in [-0.39, 0.29) is 6.16 Å². The Morgan fingerprint density at radius 2 is 1.61 bits per heavy atom. The van der Waals surface area contributed by atoms with Crippen LogP contribution in [-0.4, -0.2) is 22.8 Å². The van der Waals surface area contributed by atoms with E-state index in [1.165, 1.54) is 0 Å². The maximum atomic E-state index is 12.8. The molecule has 0 saturated carbocycles. The summed E-state index contributed by atoms with van der Waals surface area (Å²) in [6.07, 6.45) is 0.255. The number of benzene rings is 2. The largest absolute Gasteiger partial charge is 0.335 e. The SMILES string of the molecule is CCOP(=O)(Cc1ccc(Cn2c3ccccc3c3nc(C#N)ccc32)cc1)OCC. The molecule has 0 fully saturated rings. The maximum Gasteiger partial charge on any atom is 0.335 e. The van der Waals surface area contributed by atoms with Crippen molar-refractivity contribution in [1.82, 2.24) is 9.55 Å². The first-order chi connectivity index (χ1) is 15.1. The summed E-state index contributed by atoms with van der Waals surface area (Å²) in [6, 6.07) is 21.9. The number of fused-ring (bicyclic) bond motifs is 3. The lowest BCUT2D eigenvalue weighted by Crippen LogP contribution is -2.01. The van der Waals surface area contributed by atoms with Crippen molar-refractivity contribution in [3.05, 3.63) is 77.5 Å². The van der Waals surface area contributed by atoms with E-state index in [1.807, 2.05) is 62.4 Å². The lowest BCUT2D eigenvalue weighted by Gasteiger charge is -2.17. The van der Waals surface area contributed by atoms with Crippen LogP contribution in [0.1, 0.15) is 30.7 Å². The normalized spacial score (nSPS) is 11.8. The molecular weight excluding hydrogens is 409 g/mol. The number of rotatable bonds is 8. The van der Waals surface area contributed by atoms with Gasteiger partial charge in [0.1, 0.15) is 11.8 Å². The molecule has 7 heteroatoms.